The molecule has 0 radical (unpaired) electrons. The number of rotatable bonds is 4. The van der Waals surface area contributed by atoms with Crippen LogP contribution in [0.1, 0.15) is 11.1 Å². The molecule has 16 heavy (non-hydrogen) atoms. The SMILES string of the molecule is O=C(O)Cc1cccc(CC2OCCO2)c1. The third-order valence-corrected chi connectivity index (χ3v) is 2.44. The molecule has 0 aliphatic carbocycles. The zero-order valence-corrected chi connectivity index (χ0v) is 8.89. The Hall–Kier alpha value is -1.39. The van der Waals surface area contributed by atoms with Gasteiger partial charge in [0.15, 0.2) is 6.29 Å². The molecule has 2 rings (SSSR count). The van der Waals surface area contributed by atoms with E-state index >= 15 is 0 Å². The fourth-order valence-electron chi connectivity index (χ4n) is 1.76. The van der Waals surface area contributed by atoms with Crippen LogP contribution >= 0.6 is 0 Å². The Kier molecular flexibility index (Phi) is 3.54. The molecule has 0 aromatic heterocycles. The highest BCUT2D eigenvalue weighted by atomic mass is 16.7. The minimum Gasteiger partial charge on any atom is -0.481 e. The lowest BCUT2D eigenvalue weighted by molar-refractivity contribution is -0.136. The topological polar surface area (TPSA) is 55.8 Å². The van der Waals surface area contributed by atoms with Crippen LogP contribution in [0.5, 0.6) is 0 Å². The molecular weight excluding hydrogens is 208 g/mol. The Morgan fingerprint density at radius 3 is 2.69 bits per heavy atom. The molecule has 1 aromatic carbocycles. The van der Waals surface area contributed by atoms with Crippen LogP contribution < -0.4 is 0 Å². The molecule has 0 bridgehead atoms. The molecule has 4 heteroatoms. The van der Waals surface area contributed by atoms with Gasteiger partial charge in [0.05, 0.1) is 19.6 Å². The van der Waals surface area contributed by atoms with E-state index in [0.717, 1.165) is 11.1 Å². The zero-order chi connectivity index (χ0) is 11.4. The summed E-state index contributed by atoms with van der Waals surface area (Å²) in [7, 11) is 0. The molecule has 1 saturated heterocycles. The van der Waals surface area contributed by atoms with E-state index in [1.165, 1.54) is 0 Å². The number of aliphatic carboxylic acids is 1. The van der Waals surface area contributed by atoms with Gasteiger partial charge in [-0.2, -0.15) is 0 Å². The maximum Gasteiger partial charge on any atom is 0.307 e. The van der Waals surface area contributed by atoms with E-state index in [2.05, 4.69) is 0 Å². The second-order valence-corrected chi connectivity index (χ2v) is 3.77. The number of carboxylic acid groups (broad SMARTS) is 1. The summed E-state index contributed by atoms with van der Waals surface area (Å²) in [6, 6.07) is 7.52. The zero-order valence-electron chi connectivity index (χ0n) is 8.89. The molecule has 1 aliphatic heterocycles. The first kappa shape index (κ1) is 11.1. The van der Waals surface area contributed by atoms with E-state index in [9.17, 15) is 4.79 Å². The van der Waals surface area contributed by atoms with Gasteiger partial charge in [0.1, 0.15) is 0 Å². The largest absolute Gasteiger partial charge is 0.481 e. The average molecular weight is 222 g/mol. The first-order valence-corrected chi connectivity index (χ1v) is 5.27. The summed E-state index contributed by atoms with van der Waals surface area (Å²) < 4.78 is 10.7. The van der Waals surface area contributed by atoms with Gasteiger partial charge in [0.2, 0.25) is 0 Å². The van der Waals surface area contributed by atoms with Crippen molar-refractivity contribution in [3.63, 3.8) is 0 Å². The maximum absolute atomic E-state index is 10.6. The highest BCUT2D eigenvalue weighted by molar-refractivity contribution is 5.70. The smallest absolute Gasteiger partial charge is 0.307 e. The van der Waals surface area contributed by atoms with E-state index in [-0.39, 0.29) is 12.7 Å². The highest BCUT2D eigenvalue weighted by Crippen LogP contribution is 2.13. The first-order valence-electron chi connectivity index (χ1n) is 5.27. The lowest BCUT2D eigenvalue weighted by atomic mass is 10.1. The van der Waals surface area contributed by atoms with Crippen LogP contribution in [0.25, 0.3) is 0 Å². The van der Waals surface area contributed by atoms with Gasteiger partial charge in [-0.15, -0.1) is 0 Å². The molecule has 0 saturated carbocycles. The van der Waals surface area contributed by atoms with Crippen LogP contribution in [0.4, 0.5) is 0 Å². The average Bonchev–Trinajstić information content (AvgIpc) is 2.70. The molecule has 4 nitrogen and oxygen atoms in total. The van der Waals surface area contributed by atoms with Gasteiger partial charge in [-0.3, -0.25) is 4.79 Å². The van der Waals surface area contributed by atoms with Gasteiger partial charge in [0, 0.05) is 6.42 Å². The molecule has 0 amide bonds. The van der Waals surface area contributed by atoms with Gasteiger partial charge >= 0.3 is 5.97 Å². The van der Waals surface area contributed by atoms with Crippen LogP contribution in [0.15, 0.2) is 24.3 Å². The fourth-order valence-corrected chi connectivity index (χ4v) is 1.76. The predicted octanol–water partition coefficient (Wildman–Crippen LogP) is 1.23. The van der Waals surface area contributed by atoms with Crippen LogP contribution in [-0.2, 0) is 27.1 Å². The van der Waals surface area contributed by atoms with Crippen molar-refractivity contribution in [1.82, 2.24) is 0 Å². The van der Waals surface area contributed by atoms with Gasteiger partial charge < -0.3 is 14.6 Å². The molecule has 0 unspecified atom stereocenters. The number of carbonyl (C=O) groups is 1. The van der Waals surface area contributed by atoms with Crippen molar-refractivity contribution in [3.8, 4) is 0 Å². The molecular formula is C12H14O4. The van der Waals surface area contributed by atoms with Crippen molar-refractivity contribution in [3.05, 3.63) is 35.4 Å². The number of carboxylic acids is 1. The maximum atomic E-state index is 10.6. The highest BCUT2D eigenvalue weighted by Gasteiger charge is 2.16. The van der Waals surface area contributed by atoms with E-state index in [0.29, 0.717) is 19.6 Å². The third kappa shape index (κ3) is 3.05. The minimum absolute atomic E-state index is 0.0558. The molecule has 1 aromatic rings. The Balaban J connectivity index is 2.00. The van der Waals surface area contributed by atoms with Crippen LogP contribution in [-0.4, -0.2) is 30.6 Å². The van der Waals surface area contributed by atoms with E-state index in [4.69, 9.17) is 14.6 Å². The Morgan fingerprint density at radius 1 is 1.31 bits per heavy atom. The summed E-state index contributed by atoms with van der Waals surface area (Å²) in [4.78, 5) is 10.6. The normalized spacial score (nSPS) is 16.5. The van der Waals surface area contributed by atoms with Crippen LogP contribution in [0.3, 0.4) is 0 Å². The van der Waals surface area contributed by atoms with E-state index in [1.807, 2.05) is 24.3 Å². The van der Waals surface area contributed by atoms with E-state index < -0.39 is 5.97 Å². The summed E-state index contributed by atoms with van der Waals surface area (Å²) in [5.41, 5.74) is 1.86. The number of hydrogen-bond acceptors (Lipinski definition) is 3. The van der Waals surface area contributed by atoms with Crippen molar-refractivity contribution >= 4 is 5.97 Å². The second-order valence-electron chi connectivity index (χ2n) is 3.77. The molecule has 0 atom stereocenters. The molecule has 1 heterocycles. The van der Waals surface area contributed by atoms with Gasteiger partial charge in [-0.05, 0) is 11.1 Å². The number of ether oxygens (including phenoxy) is 2. The van der Waals surface area contributed by atoms with Crippen molar-refractivity contribution in [1.29, 1.82) is 0 Å². The summed E-state index contributed by atoms with van der Waals surface area (Å²) in [6.45, 7) is 1.28. The lowest BCUT2D eigenvalue weighted by Gasteiger charge is -2.09. The number of benzene rings is 1. The Bertz CT molecular complexity index is 369. The summed E-state index contributed by atoms with van der Waals surface area (Å²) >= 11 is 0. The predicted molar refractivity (Wildman–Crippen MR) is 57.2 cm³/mol. The Labute approximate surface area is 93.8 Å². The van der Waals surface area contributed by atoms with E-state index in [1.54, 1.807) is 0 Å². The summed E-state index contributed by atoms with van der Waals surface area (Å²) in [5.74, 6) is -0.814. The Morgan fingerprint density at radius 2 is 2.00 bits per heavy atom. The van der Waals surface area contributed by atoms with Gasteiger partial charge in [-0.1, -0.05) is 24.3 Å². The second kappa shape index (κ2) is 5.09. The summed E-state index contributed by atoms with van der Waals surface area (Å²) in [6.07, 6.45) is 0.549. The van der Waals surface area contributed by atoms with Crippen molar-refractivity contribution in [2.24, 2.45) is 0 Å². The number of hydrogen-bond donors (Lipinski definition) is 1. The van der Waals surface area contributed by atoms with Gasteiger partial charge in [0.25, 0.3) is 0 Å². The third-order valence-electron chi connectivity index (χ3n) is 2.44. The molecule has 1 aliphatic rings. The van der Waals surface area contributed by atoms with Crippen molar-refractivity contribution in [2.75, 3.05) is 13.2 Å². The quantitative estimate of drug-likeness (QED) is 0.832. The molecule has 1 fully saturated rings. The van der Waals surface area contributed by atoms with Crippen LogP contribution in [0.2, 0.25) is 0 Å². The lowest BCUT2D eigenvalue weighted by Crippen LogP contribution is -2.11. The van der Waals surface area contributed by atoms with Crippen molar-refractivity contribution < 1.29 is 19.4 Å². The molecule has 86 valence electrons. The van der Waals surface area contributed by atoms with Crippen molar-refractivity contribution in [2.45, 2.75) is 19.1 Å². The standard InChI is InChI=1S/C12H14O4/c13-11(14)7-9-2-1-3-10(6-9)8-12-15-4-5-16-12/h1-3,6,12H,4-5,7-8H2,(H,13,14). The monoisotopic (exact) mass is 222 g/mol. The fraction of sp³-hybridized carbons (Fsp3) is 0.417. The summed E-state index contributed by atoms with van der Waals surface area (Å²) in [5, 5.41) is 8.69. The minimum atomic E-state index is -0.814. The molecule has 0 spiro atoms. The van der Waals surface area contributed by atoms with Gasteiger partial charge in [-0.25, -0.2) is 0 Å². The van der Waals surface area contributed by atoms with Crippen LogP contribution in [0, 0.1) is 0 Å². The first-order chi connectivity index (χ1) is 7.74. The molecule has 1 N–H and O–H groups in total.